The van der Waals surface area contributed by atoms with Crippen molar-refractivity contribution in [3.8, 4) is 0 Å². The molecule has 0 atom stereocenters. The molecule has 1 saturated heterocycles. The highest BCUT2D eigenvalue weighted by Crippen LogP contribution is 2.34. The SMILES string of the molecule is CCC(=O)NCCN1C(=O)N(c2ccccc2Cl)Cc2cnc(Nc3ccc(N4CCN(C)CC4)c(C)c3)nc21. The number of nitrogens with zero attached hydrogens (tertiary/aromatic N) is 6. The van der Waals surface area contributed by atoms with Crippen LogP contribution in [0.2, 0.25) is 5.02 Å². The molecule has 3 heterocycles. The lowest BCUT2D eigenvalue weighted by molar-refractivity contribution is -0.120. The molecule has 0 radical (unpaired) electrons. The van der Waals surface area contributed by atoms with E-state index >= 15 is 0 Å². The molecule has 11 heteroatoms. The Hall–Kier alpha value is -3.89. The fourth-order valence-corrected chi connectivity index (χ4v) is 5.27. The third kappa shape index (κ3) is 5.97. The number of amides is 3. The summed E-state index contributed by atoms with van der Waals surface area (Å²) in [6.07, 6.45) is 2.11. The number of likely N-dealkylation sites (N-methyl/N-ethyl adjacent to an activating group) is 1. The van der Waals surface area contributed by atoms with Crippen LogP contribution in [0.4, 0.5) is 33.6 Å². The molecule has 1 aromatic heterocycles. The van der Waals surface area contributed by atoms with E-state index in [4.69, 9.17) is 16.6 Å². The molecule has 5 rings (SSSR count). The molecular formula is C29H35ClN8O2. The summed E-state index contributed by atoms with van der Waals surface area (Å²) in [5.41, 5.74) is 4.67. The van der Waals surface area contributed by atoms with Crippen LogP contribution in [0.1, 0.15) is 24.5 Å². The predicted molar refractivity (Wildman–Crippen MR) is 160 cm³/mol. The molecule has 0 bridgehead atoms. The van der Waals surface area contributed by atoms with E-state index in [9.17, 15) is 9.59 Å². The monoisotopic (exact) mass is 562 g/mol. The minimum Gasteiger partial charge on any atom is -0.369 e. The summed E-state index contributed by atoms with van der Waals surface area (Å²) in [5.74, 6) is 0.836. The van der Waals surface area contributed by atoms with Crippen molar-refractivity contribution in [1.82, 2.24) is 20.2 Å². The largest absolute Gasteiger partial charge is 0.369 e. The number of aryl methyl sites for hydroxylation is 1. The Labute approximate surface area is 239 Å². The number of piperazine rings is 1. The van der Waals surface area contributed by atoms with Gasteiger partial charge in [0, 0.05) is 68.8 Å². The third-order valence-corrected chi connectivity index (χ3v) is 7.63. The first-order chi connectivity index (χ1) is 19.3. The molecule has 2 aliphatic heterocycles. The van der Waals surface area contributed by atoms with Crippen molar-refractivity contribution in [3.63, 3.8) is 0 Å². The van der Waals surface area contributed by atoms with Crippen LogP contribution in [0.25, 0.3) is 0 Å². The van der Waals surface area contributed by atoms with Gasteiger partial charge in [-0.15, -0.1) is 0 Å². The first-order valence-corrected chi connectivity index (χ1v) is 14.0. The summed E-state index contributed by atoms with van der Waals surface area (Å²) in [7, 11) is 2.15. The van der Waals surface area contributed by atoms with E-state index in [1.165, 1.54) is 11.3 Å². The van der Waals surface area contributed by atoms with E-state index in [-0.39, 0.29) is 25.0 Å². The quantitative estimate of drug-likeness (QED) is 0.420. The van der Waals surface area contributed by atoms with E-state index < -0.39 is 0 Å². The van der Waals surface area contributed by atoms with Gasteiger partial charge in [-0.3, -0.25) is 14.6 Å². The lowest BCUT2D eigenvalue weighted by atomic mass is 10.1. The van der Waals surface area contributed by atoms with Crippen LogP contribution in [0, 0.1) is 6.92 Å². The van der Waals surface area contributed by atoms with Gasteiger partial charge in [0.2, 0.25) is 11.9 Å². The van der Waals surface area contributed by atoms with Crippen molar-refractivity contribution >= 4 is 52.4 Å². The first kappa shape index (κ1) is 27.7. The number of hydrogen-bond acceptors (Lipinski definition) is 7. The Morgan fingerprint density at radius 3 is 2.58 bits per heavy atom. The van der Waals surface area contributed by atoms with Crippen molar-refractivity contribution in [3.05, 3.63) is 64.8 Å². The standard InChI is InChI=1S/C29H35ClN8O2/c1-4-26(39)31-11-12-37-27-21(19-38(29(37)40)25-8-6-5-7-23(25)30)18-32-28(34-27)33-22-9-10-24(20(2)17-22)36-15-13-35(3)14-16-36/h5-10,17-18H,4,11-16,19H2,1-3H3,(H,31,39)(H,32,33,34). The average molecular weight is 563 g/mol. The second kappa shape index (κ2) is 12.1. The highest BCUT2D eigenvalue weighted by atomic mass is 35.5. The third-order valence-electron chi connectivity index (χ3n) is 7.31. The molecule has 0 aliphatic carbocycles. The van der Waals surface area contributed by atoms with Crippen molar-refractivity contribution in [2.24, 2.45) is 0 Å². The molecule has 1 fully saturated rings. The highest BCUT2D eigenvalue weighted by Gasteiger charge is 2.34. The minimum absolute atomic E-state index is 0.0759. The van der Waals surface area contributed by atoms with E-state index in [0.717, 1.165) is 37.4 Å². The van der Waals surface area contributed by atoms with Crippen LogP contribution in [-0.2, 0) is 11.3 Å². The predicted octanol–water partition coefficient (Wildman–Crippen LogP) is 4.41. The Balaban J connectivity index is 1.39. The zero-order valence-electron chi connectivity index (χ0n) is 23.2. The summed E-state index contributed by atoms with van der Waals surface area (Å²) in [6.45, 7) is 8.86. The zero-order chi connectivity index (χ0) is 28.2. The normalized spacial score (nSPS) is 15.7. The highest BCUT2D eigenvalue weighted by molar-refractivity contribution is 6.34. The minimum atomic E-state index is -0.261. The molecule has 3 aromatic rings. The van der Waals surface area contributed by atoms with E-state index in [1.54, 1.807) is 29.0 Å². The summed E-state index contributed by atoms with van der Waals surface area (Å²) in [5, 5.41) is 6.64. The maximum absolute atomic E-state index is 13.7. The van der Waals surface area contributed by atoms with Gasteiger partial charge in [0.15, 0.2) is 0 Å². The van der Waals surface area contributed by atoms with Crippen LogP contribution in [0.5, 0.6) is 0 Å². The molecule has 2 aliphatic rings. The maximum atomic E-state index is 13.7. The average Bonchev–Trinajstić information content (AvgIpc) is 2.95. The Kier molecular flexibility index (Phi) is 8.37. The number of nitrogens with one attached hydrogen (secondary N) is 2. The molecule has 10 nitrogen and oxygen atoms in total. The Morgan fingerprint density at radius 1 is 1.07 bits per heavy atom. The molecule has 210 valence electrons. The lowest BCUT2D eigenvalue weighted by Crippen LogP contribution is -2.50. The Bertz CT molecular complexity index is 1390. The number of para-hydroxylation sites is 1. The summed E-state index contributed by atoms with van der Waals surface area (Å²) in [6, 6.07) is 13.2. The Morgan fingerprint density at radius 2 is 1.85 bits per heavy atom. The van der Waals surface area contributed by atoms with Gasteiger partial charge in [-0.1, -0.05) is 30.7 Å². The second-order valence-corrected chi connectivity index (χ2v) is 10.5. The van der Waals surface area contributed by atoms with Gasteiger partial charge in [-0.25, -0.2) is 9.78 Å². The van der Waals surface area contributed by atoms with Crippen LogP contribution >= 0.6 is 11.6 Å². The van der Waals surface area contributed by atoms with E-state index in [2.05, 4.69) is 51.5 Å². The number of anilines is 5. The topological polar surface area (TPSA) is 96.9 Å². The summed E-state index contributed by atoms with van der Waals surface area (Å²) < 4.78 is 0. The van der Waals surface area contributed by atoms with Gasteiger partial charge < -0.3 is 20.4 Å². The van der Waals surface area contributed by atoms with Gasteiger partial charge in [0.05, 0.1) is 17.3 Å². The molecular weight excluding hydrogens is 528 g/mol. The van der Waals surface area contributed by atoms with Gasteiger partial charge >= 0.3 is 6.03 Å². The van der Waals surface area contributed by atoms with E-state index in [1.807, 2.05) is 24.3 Å². The number of halogens is 1. The number of aromatic nitrogens is 2. The molecule has 0 saturated carbocycles. The van der Waals surface area contributed by atoms with Crippen molar-refractivity contribution < 1.29 is 9.59 Å². The number of rotatable bonds is 8. The van der Waals surface area contributed by atoms with Crippen LogP contribution in [0.15, 0.2) is 48.7 Å². The van der Waals surface area contributed by atoms with Gasteiger partial charge in [0.25, 0.3) is 0 Å². The lowest BCUT2D eigenvalue weighted by Gasteiger charge is -2.36. The molecule has 0 unspecified atom stereocenters. The number of benzene rings is 2. The maximum Gasteiger partial charge on any atom is 0.330 e. The van der Waals surface area contributed by atoms with Crippen molar-refractivity contribution in [2.45, 2.75) is 26.8 Å². The zero-order valence-corrected chi connectivity index (χ0v) is 23.9. The van der Waals surface area contributed by atoms with Crippen molar-refractivity contribution in [2.75, 3.05) is 66.3 Å². The number of fused-ring (bicyclic) bond motifs is 1. The molecule has 0 spiro atoms. The number of carbonyl (C=O) groups excluding carboxylic acids is 2. The molecule has 2 aromatic carbocycles. The summed E-state index contributed by atoms with van der Waals surface area (Å²) >= 11 is 6.44. The number of carbonyl (C=O) groups is 2. The van der Waals surface area contributed by atoms with Crippen LogP contribution in [-0.4, -0.2) is 73.1 Å². The van der Waals surface area contributed by atoms with Crippen molar-refractivity contribution in [1.29, 1.82) is 0 Å². The fraction of sp³-hybridized carbons (Fsp3) is 0.379. The van der Waals surface area contributed by atoms with Crippen LogP contribution in [0.3, 0.4) is 0 Å². The smallest absolute Gasteiger partial charge is 0.330 e. The summed E-state index contributed by atoms with van der Waals surface area (Å²) in [4.78, 5) is 42.8. The van der Waals surface area contributed by atoms with E-state index in [0.29, 0.717) is 35.4 Å². The second-order valence-electron chi connectivity index (χ2n) is 10.1. The van der Waals surface area contributed by atoms with Gasteiger partial charge in [0.1, 0.15) is 5.82 Å². The van der Waals surface area contributed by atoms with Gasteiger partial charge in [-0.2, -0.15) is 4.98 Å². The first-order valence-electron chi connectivity index (χ1n) is 13.6. The fourth-order valence-electron chi connectivity index (χ4n) is 5.03. The number of urea groups is 1. The molecule has 40 heavy (non-hydrogen) atoms. The molecule has 2 N–H and O–H groups in total. The van der Waals surface area contributed by atoms with Gasteiger partial charge in [-0.05, 0) is 49.9 Å². The molecule has 3 amide bonds. The number of hydrogen-bond donors (Lipinski definition) is 2. The van der Waals surface area contributed by atoms with Crippen LogP contribution < -0.4 is 25.3 Å².